The van der Waals surface area contributed by atoms with Crippen molar-refractivity contribution in [1.82, 2.24) is 4.90 Å². The van der Waals surface area contributed by atoms with Crippen LogP contribution in [0.15, 0.2) is 54.6 Å². The Morgan fingerprint density at radius 3 is 2.27 bits per heavy atom. The van der Waals surface area contributed by atoms with Gasteiger partial charge in [-0.15, -0.1) is 0 Å². The number of nitrogens with zero attached hydrogens (tertiary/aromatic N) is 3. The number of imide groups is 1. The van der Waals surface area contributed by atoms with Gasteiger partial charge < -0.3 is 9.64 Å². The van der Waals surface area contributed by atoms with Crippen molar-refractivity contribution in [1.29, 1.82) is 0 Å². The van der Waals surface area contributed by atoms with Gasteiger partial charge >= 0.3 is 0 Å². The largest absolute Gasteiger partial charge is 0.494 e. The number of benzene rings is 2. The number of piperazine rings is 1. The molecule has 0 radical (unpaired) electrons. The number of hydrogen-bond donors (Lipinski definition) is 0. The second-order valence-corrected chi connectivity index (χ2v) is 7.84. The maximum Gasteiger partial charge on any atom is 0.251 e. The fourth-order valence-corrected chi connectivity index (χ4v) is 4.13. The summed E-state index contributed by atoms with van der Waals surface area (Å²) in [6.45, 7) is 6.05. The maximum absolute atomic E-state index is 13.1. The van der Waals surface area contributed by atoms with Crippen molar-refractivity contribution in [3.63, 3.8) is 0 Å². The summed E-state index contributed by atoms with van der Waals surface area (Å²) in [7, 11) is 0. The van der Waals surface area contributed by atoms with Crippen LogP contribution in [0.5, 0.6) is 5.75 Å². The van der Waals surface area contributed by atoms with Gasteiger partial charge in [0.25, 0.3) is 5.91 Å². The summed E-state index contributed by atoms with van der Waals surface area (Å²) in [6, 6.07) is 17.2. The van der Waals surface area contributed by atoms with Gasteiger partial charge in [-0.25, -0.2) is 4.90 Å². The fraction of sp³-hybridized carbons (Fsp3) is 0.417. The van der Waals surface area contributed by atoms with Crippen molar-refractivity contribution in [2.75, 3.05) is 42.6 Å². The molecular weight excluding hydrogens is 378 g/mol. The highest BCUT2D eigenvalue weighted by Crippen LogP contribution is 2.28. The fourth-order valence-electron chi connectivity index (χ4n) is 4.13. The van der Waals surface area contributed by atoms with Crippen molar-refractivity contribution in [2.45, 2.75) is 32.2 Å². The van der Waals surface area contributed by atoms with Crippen LogP contribution in [0.3, 0.4) is 0 Å². The van der Waals surface area contributed by atoms with E-state index >= 15 is 0 Å². The van der Waals surface area contributed by atoms with Gasteiger partial charge in [-0.1, -0.05) is 31.5 Å². The molecule has 2 fully saturated rings. The molecule has 158 valence electrons. The normalized spacial score (nSPS) is 20.1. The Morgan fingerprint density at radius 2 is 1.60 bits per heavy atom. The molecule has 0 spiro atoms. The highest BCUT2D eigenvalue weighted by Gasteiger charge is 2.43. The first-order valence-electron chi connectivity index (χ1n) is 10.8. The van der Waals surface area contributed by atoms with Crippen LogP contribution < -0.4 is 14.5 Å². The molecule has 0 bridgehead atoms. The van der Waals surface area contributed by atoms with E-state index in [0.29, 0.717) is 12.3 Å². The van der Waals surface area contributed by atoms with Crippen LogP contribution in [-0.4, -0.2) is 55.5 Å². The van der Waals surface area contributed by atoms with Crippen LogP contribution >= 0.6 is 0 Å². The Bertz CT molecular complexity index is 861. The molecule has 2 aromatic rings. The van der Waals surface area contributed by atoms with Crippen molar-refractivity contribution in [3.05, 3.63) is 54.6 Å². The molecule has 0 N–H and O–H groups in total. The van der Waals surface area contributed by atoms with E-state index < -0.39 is 0 Å². The smallest absolute Gasteiger partial charge is 0.251 e. The molecule has 0 unspecified atom stereocenters. The number of carbonyl (C=O) groups excluding carboxylic acids is 2. The van der Waals surface area contributed by atoms with Crippen LogP contribution in [0.4, 0.5) is 11.4 Å². The van der Waals surface area contributed by atoms with Crippen molar-refractivity contribution >= 4 is 23.2 Å². The third-order valence-corrected chi connectivity index (χ3v) is 5.86. The Hall–Kier alpha value is -2.86. The SMILES string of the molecule is CCCCOc1ccc(N2C(=O)C[C@H](N3CCN(c4ccccc4)CC3)C2=O)cc1. The lowest BCUT2D eigenvalue weighted by atomic mass is 10.1. The van der Waals surface area contributed by atoms with Gasteiger partial charge in [-0.3, -0.25) is 14.5 Å². The van der Waals surface area contributed by atoms with Crippen LogP contribution in [0.25, 0.3) is 0 Å². The second kappa shape index (κ2) is 9.30. The molecule has 2 amide bonds. The Kier molecular flexibility index (Phi) is 6.33. The van der Waals surface area contributed by atoms with E-state index in [2.05, 4.69) is 28.9 Å². The van der Waals surface area contributed by atoms with Crippen molar-refractivity contribution in [2.24, 2.45) is 0 Å². The van der Waals surface area contributed by atoms with Crippen molar-refractivity contribution < 1.29 is 14.3 Å². The van der Waals surface area contributed by atoms with Gasteiger partial charge in [-0.2, -0.15) is 0 Å². The number of ether oxygens (including phenoxy) is 1. The highest BCUT2D eigenvalue weighted by molar-refractivity contribution is 6.22. The highest BCUT2D eigenvalue weighted by atomic mass is 16.5. The summed E-state index contributed by atoms with van der Waals surface area (Å²) >= 11 is 0. The predicted molar refractivity (Wildman–Crippen MR) is 118 cm³/mol. The molecule has 1 atom stereocenters. The molecule has 2 saturated heterocycles. The number of para-hydroxylation sites is 1. The Morgan fingerprint density at radius 1 is 0.900 bits per heavy atom. The zero-order valence-corrected chi connectivity index (χ0v) is 17.5. The van der Waals surface area contributed by atoms with Gasteiger partial charge in [0.05, 0.1) is 24.8 Å². The number of amides is 2. The molecule has 6 nitrogen and oxygen atoms in total. The zero-order chi connectivity index (χ0) is 20.9. The standard InChI is InChI=1S/C24H29N3O3/c1-2-3-17-30-21-11-9-20(10-12-21)27-23(28)18-22(24(27)29)26-15-13-25(14-16-26)19-7-5-4-6-8-19/h4-12,22H,2-3,13-18H2,1H3/t22-/m0/s1. The quantitative estimate of drug-likeness (QED) is 0.521. The molecule has 2 aromatic carbocycles. The molecule has 6 heteroatoms. The lowest BCUT2D eigenvalue weighted by Gasteiger charge is -2.38. The summed E-state index contributed by atoms with van der Waals surface area (Å²) in [6.07, 6.45) is 2.33. The van der Waals surface area contributed by atoms with Gasteiger partial charge in [0.2, 0.25) is 5.91 Å². The summed E-state index contributed by atoms with van der Waals surface area (Å²) in [4.78, 5) is 31.6. The number of unbranched alkanes of at least 4 members (excludes halogenated alkanes) is 1. The van der Waals surface area contributed by atoms with Gasteiger partial charge in [0.1, 0.15) is 5.75 Å². The molecule has 0 aromatic heterocycles. The molecule has 4 rings (SSSR count). The van der Waals surface area contributed by atoms with E-state index in [1.54, 1.807) is 12.1 Å². The molecule has 2 aliphatic heterocycles. The van der Waals surface area contributed by atoms with Crippen LogP contribution in [0, 0.1) is 0 Å². The van der Waals surface area contributed by atoms with Crippen molar-refractivity contribution in [3.8, 4) is 5.75 Å². The van der Waals surface area contributed by atoms with E-state index in [4.69, 9.17) is 4.74 Å². The third-order valence-electron chi connectivity index (χ3n) is 5.86. The topological polar surface area (TPSA) is 53.1 Å². The monoisotopic (exact) mass is 407 g/mol. The number of hydrogen-bond acceptors (Lipinski definition) is 5. The lowest BCUT2D eigenvalue weighted by Crippen LogP contribution is -2.52. The molecule has 30 heavy (non-hydrogen) atoms. The molecule has 0 aliphatic carbocycles. The van der Waals surface area contributed by atoms with E-state index in [0.717, 1.165) is 44.8 Å². The van der Waals surface area contributed by atoms with Gasteiger partial charge in [0.15, 0.2) is 0 Å². The molecular formula is C24H29N3O3. The van der Waals surface area contributed by atoms with Gasteiger partial charge in [0, 0.05) is 31.9 Å². The third kappa shape index (κ3) is 4.33. The number of rotatable bonds is 7. The average Bonchev–Trinajstić information content (AvgIpc) is 3.09. The summed E-state index contributed by atoms with van der Waals surface area (Å²) in [5, 5.41) is 0. The number of carbonyl (C=O) groups is 2. The zero-order valence-electron chi connectivity index (χ0n) is 17.5. The van der Waals surface area contributed by atoms with Crippen LogP contribution in [-0.2, 0) is 9.59 Å². The van der Waals surface area contributed by atoms with E-state index in [-0.39, 0.29) is 24.3 Å². The first-order chi connectivity index (χ1) is 14.7. The summed E-state index contributed by atoms with van der Waals surface area (Å²) in [5.41, 5.74) is 1.83. The summed E-state index contributed by atoms with van der Waals surface area (Å²) < 4.78 is 5.68. The van der Waals surface area contributed by atoms with E-state index in [9.17, 15) is 9.59 Å². The predicted octanol–water partition coefficient (Wildman–Crippen LogP) is 3.32. The van der Waals surface area contributed by atoms with Crippen LogP contribution in [0.2, 0.25) is 0 Å². The minimum absolute atomic E-state index is 0.118. The molecule has 0 saturated carbocycles. The first kappa shape index (κ1) is 20.4. The maximum atomic E-state index is 13.1. The van der Waals surface area contributed by atoms with E-state index in [1.165, 1.54) is 10.6 Å². The first-order valence-corrected chi connectivity index (χ1v) is 10.8. The summed E-state index contributed by atoms with van der Waals surface area (Å²) in [5.74, 6) is 0.517. The number of anilines is 2. The van der Waals surface area contributed by atoms with Gasteiger partial charge in [-0.05, 0) is 42.8 Å². The van der Waals surface area contributed by atoms with Crippen LogP contribution in [0.1, 0.15) is 26.2 Å². The Labute approximate surface area is 178 Å². The second-order valence-electron chi connectivity index (χ2n) is 7.84. The lowest BCUT2D eigenvalue weighted by molar-refractivity contribution is -0.123. The molecule has 2 aliphatic rings. The average molecular weight is 408 g/mol. The Balaban J connectivity index is 1.37. The minimum atomic E-state index is -0.365. The molecule has 2 heterocycles. The van der Waals surface area contributed by atoms with E-state index in [1.807, 2.05) is 30.3 Å². The minimum Gasteiger partial charge on any atom is -0.494 e.